The molecule has 0 unspecified atom stereocenters. The summed E-state index contributed by atoms with van der Waals surface area (Å²) in [6.45, 7) is 2.40. The molecule has 4 nitrogen and oxygen atoms in total. The van der Waals surface area contributed by atoms with Gasteiger partial charge in [0.1, 0.15) is 11.6 Å². The summed E-state index contributed by atoms with van der Waals surface area (Å²) in [5.74, 6) is -0.542. The van der Waals surface area contributed by atoms with Crippen LogP contribution in [0, 0.1) is 11.6 Å². The van der Waals surface area contributed by atoms with Gasteiger partial charge in [-0.3, -0.25) is 9.69 Å². The third-order valence-corrected chi connectivity index (χ3v) is 6.19. The van der Waals surface area contributed by atoms with Crippen LogP contribution < -0.4 is 5.32 Å². The number of thioether (sulfide) groups is 1. The quantitative estimate of drug-likeness (QED) is 0.712. The summed E-state index contributed by atoms with van der Waals surface area (Å²) in [7, 11) is 3.92. The molecule has 0 saturated carbocycles. The van der Waals surface area contributed by atoms with Crippen molar-refractivity contribution >= 4 is 17.7 Å². The number of rotatable bonds is 8. The highest BCUT2D eigenvalue weighted by Gasteiger charge is 2.37. The molecule has 156 valence electrons. The van der Waals surface area contributed by atoms with Crippen molar-refractivity contribution in [3.63, 3.8) is 0 Å². The molecule has 7 heteroatoms. The molecule has 0 bridgehead atoms. The average Bonchev–Trinajstić information content (AvgIpc) is 3.07. The second-order valence-corrected chi connectivity index (χ2v) is 8.93. The van der Waals surface area contributed by atoms with Gasteiger partial charge in [-0.2, -0.15) is 0 Å². The van der Waals surface area contributed by atoms with Crippen molar-refractivity contribution in [2.75, 3.05) is 33.7 Å². The predicted molar refractivity (Wildman–Crippen MR) is 113 cm³/mol. The van der Waals surface area contributed by atoms with E-state index in [0.29, 0.717) is 31.6 Å². The van der Waals surface area contributed by atoms with Gasteiger partial charge in [0.2, 0.25) is 5.91 Å². The van der Waals surface area contributed by atoms with Crippen LogP contribution in [0.5, 0.6) is 0 Å². The van der Waals surface area contributed by atoms with Gasteiger partial charge in [0, 0.05) is 41.9 Å². The second-order valence-electron chi connectivity index (χ2n) is 7.56. The van der Waals surface area contributed by atoms with Gasteiger partial charge in [-0.15, -0.1) is 11.8 Å². The molecule has 3 rings (SSSR count). The number of carbonyl (C=O) groups excluding carboxylic acids is 1. The number of halogens is 2. The molecule has 1 aliphatic heterocycles. The standard InChI is InChI=1S/C22H27F2N3OS/c1-26(2)12-11-25-22(28)21-13-19(29-18-9-7-17(23)8-10-18)15-27(21)14-16-5-3-4-6-20(16)24/h3-10,19,21H,11-15H2,1-2H3,(H,25,28)/t19-,21-/m0/s1. The maximum Gasteiger partial charge on any atom is 0.237 e. The molecule has 0 spiro atoms. The summed E-state index contributed by atoms with van der Waals surface area (Å²) in [4.78, 5) is 17.9. The van der Waals surface area contributed by atoms with E-state index in [9.17, 15) is 13.6 Å². The molecule has 1 aliphatic rings. The topological polar surface area (TPSA) is 35.6 Å². The van der Waals surface area contributed by atoms with Crippen molar-refractivity contribution in [3.05, 3.63) is 65.7 Å². The zero-order chi connectivity index (χ0) is 20.8. The molecule has 1 N–H and O–H groups in total. The summed E-state index contributed by atoms with van der Waals surface area (Å²) >= 11 is 1.64. The third kappa shape index (κ3) is 6.26. The molecule has 1 amide bonds. The van der Waals surface area contributed by atoms with Crippen LogP contribution in [0.15, 0.2) is 53.4 Å². The van der Waals surface area contributed by atoms with Crippen molar-refractivity contribution in [1.29, 1.82) is 0 Å². The fourth-order valence-electron chi connectivity index (χ4n) is 3.47. The number of hydrogen-bond acceptors (Lipinski definition) is 4. The van der Waals surface area contributed by atoms with Gasteiger partial charge in [0.05, 0.1) is 6.04 Å². The molecule has 1 saturated heterocycles. The van der Waals surface area contributed by atoms with Gasteiger partial charge in [-0.25, -0.2) is 8.78 Å². The van der Waals surface area contributed by atoms with E-state index < -0.39 is 0 Å². The smallest absolute Gasteiger partial charge is 0.237 e. The summed E-state index contributed by atoms with van der Waals surface area (Å²) in [6, 6.07) is 12.8. The summed E-state index contributed by atoms with van der Waals surface area (Å²) in [5.41, 5.74) is 0.589. The Balaban J connectivity index is 1.69. The first kappa shape index (κ1) is 21.7. The zero-order valence-corrected chi connectivity index (χ0v) is 17.6. The number of nitrogens with one attached hydrogen (secondary N) is 1. The molecule has 0 aromatic heterocycles. The third-order valence-electron chi connectivity index (χ3n) is 4.97. The minimum atomic E-state index is -0.310. The van der Waals surface area contributed by atoms with Crippen LogP contribution in [-0.2, 0) is 11.3 Å². The Hall–Kier alpha value is -1.96. The molecular weight excluding hydrogens is 392 g/mol. The lowest BCUT2D eigenvalue weighted by atomic mass is 10.1. The fourth-order valence-corrected chi connectivity index (χ4v) is 4.69. The van der Waals surface area contributed by atoms with Gasteiger partial charge >= 0.3 is 0 Å². The normalized spacial score (nSPS) is 19.6. The largest absolute Gasteiger partial charge is 0.353 e. The van der Waals surface area contributed by atoms with E-state index in [1.807, 2.05) is 30.0 Å². The maximum atomic E-state index is 14.2. The van der Waals surface area contributed by atoms with Crippen molar-refractivity contribution < 1.29 is 13.6 Å². The molecule has 2 atom stereocenters. The van der Waals surface area contributed by atoms with E-state index in [1.54, 1.807) is 36.0 Å². The van der Waals surface area contributed by atoms with Crippen LogP contribution >= 0.6 is 11.8 Å². The van der Waals surface area contributed by atoms with Crippen LogP contribution in [-0.4, -0.2) is 60.7 Å². The average molecular weight is 420 g/mol. The van der Waals surface area contributed by atoms with E-state index in [1.165, 1.54) is 18.2 Å². The highest BCUT2D eigenvalue weighted by Crippen LogP contribution is 2.34. The Morgan fingerprint density at radius 2 is 1.90 bits per heavy atom. The van der Waals surface area contributed by atoms with Crippen LogP contribution in [0.4, 0.5) is 8.78 Å². The van der Waals surface area contributed by atoms with E-state index in [0.717, 1.165) is 11.4 Å². The highest BCUT2D eigenvalue weighted by molar-refractivity contribution is 8.00. The van der Waals surface area contributed by atoms with Crippen LogP contribution in [0.1, 0.15) is 12.0 Å². The lowest BCUT2D eigenvalue weighted by Gasteiger charge is -2.24. The van der Waals surface area contributed by atoms with Crippen LogP contribution in [0.25, 0.3) is 0 Å². The SMILES string of the molecule is CN(C)CCNC(=O)[C@@H]1C[C@H](Sc2ccc(F)cc2)CN1Cc1ccccc1F. The van der Waals surface area contributed by atoms with Crippen molar-refractivity contribution in [2.45, 2.75) is 29.2 Å². The summed E-state index contributed by atoms with van der Waals surface area (Å²) in [5, 5.41) is 3.18. The molecule has 2 aromatic rings. The number of amides is 1. The molecule has 1 heterocycles. The second kappa shape index (κ2) is 10.2. The van der Waals surface area contributed by atoms with Gasteiger partial charge in [-0.1, -0.05) is 18.2 Å². The minimum absolute atomic E-state index is 0.0228. The van der Waals surface area contributed by atoms with Crippen LogP contribution in [0.3, 0.4) is 0 Å². The van der Waals surface area contributed by atoms with E-state index >= 15 is 0 Å². The van der Waals surface area contributed by atoms with Gasteiger partial charge < -0.3 is 10.2 Å². The summed E-state index contributed by atoms with van der Waals surface area (Å²) in [6.07, 6.45) is 0.671. The van der Waals surface area contributed by atoms with Gasteiger partial charge in [-0.05, 0) is 50.8 Å². The number of carbonyl (C=O) groups is 1. The van der Waals surface area contributed by atoms with Gasteiger partial charge in [0.15, 0.2) is 0 Å². The first-order valence-electron chi connectivity index (χ1n) is 9.74. The molecular formula is C22H27F2N3OS. The number of likely N-dealkylation sites (tertiary alicyclic amines) is 1. The molecule has 1 fully saturated rings. The number of likely N-dealkylation sites (N-methyl/N-ethyl adjacent to an activating group) is 1. The highest BCUT2D eigenvalue weighted by atomic mass is 32.2. The Bertz CT molecular complexity index is 816. The van der Waals surface area contributed by atoms with Crippen molar-refractivity contribution in [1.82, 2.24) is 15.1 Å². The van der Waals surface area contributed by atoms with Crippen molar-refractivity contribution in [2.24, 2.45) is 0 Å². The minimum Gasteiger partial charge on any atom is -0.353 e. The summed E-state index contributed by atoms with van der Waals surface area (Å²) < 4.78 is 27.3. The van der Waals surface area contributed by atoms with E-state index in [4.69, 9.17) is 0 Å². The molecule has 0 aliphatic carbocycles. The predicted octanol–water partition coefficient (Wildman–Crippen LogP) is 3.38. The Morgan fingerprint density at radius 3 is 2.59 bits per heavy atom. The molecule has 0 radical (unpaired) electrons. The van der Waals surface area contributed by atoms with E-state index in [2.05, 4.69) is 5.32 Å². The number of hydrogen-bond donors (Lipinski definition) is 1. The van der Waals surface area contributed by atoms with Gasteiger partial charge in [0.25, 0.3) is 0 Å². The lowest BCUT2D eigenvalue weighted by molar-refractivity contribution is -0.125. The monoisotopic (exact) mass is 419 g/mol. The van der Waals surface area contributed by atoms with Crippen molar-refractivity contribution in [3.8, 4) is 0 Å². The number of nitrogens with zero attached hydrogens (tertiary/aromatic N) is 2. The van der Waals surface area contributed by atoms with Crippen LogP contribution in [0.2, 0.25) is 0 Å². The molecule has 29 heavy (non-hydrogen) atoms. The maximum absolute atomic E-state index is 14.2. The first-order valence-corrected chi connectivity index (χ1v) is 10.6. The Kier molecular flexibility index (Phi) is 7.64. The van der Waals surface area contributed by atoms with E-state index in [-0.39, 0.29) is 28.8 Å². The first-order chi connectivity index (χ1) is 13.9. The molecule has 2 aromatic carbocycles. The Morgan fingerprint density at radius 1 is 1.17 bits per heavy atom. The lowest BCUT2D eigenvalue weighted by Crippen LogP contribution is -2.44. The number of benzene rings is 2. The fraction of sp³-hybridized carbons (Fsp3) is 0.409. The zero-order valence-electron chi connectivity index (χ0n) is 16.8. The Labute approximate surface area is 175 Å².